The molecule has 0 aromatic heterocycles. The first-order valence-corrected chi connectivity index (χ1v) is 5.57. The van der Waals surface area contributed by atoms with Gasteiger partial charge in [-0.1, -0.05) is 0 Å². The first-order chi connectivity index (χ1) is 5.38. The fraction of sp³-hybridized carbons (Fsp3) is 1.00. The first-order valence-electron chi connectivity index (χ1n) is 4.42. The summed E-state index contributed by atoms with van der Waals surface area (Å²) in [4.78, 5) is 2.66. The van der Waals surface area contributed by atoms with Crippen LogP contribution >= 0.6 is 36.6 Å². The zero-order valence-electron chi connectivity index (χ0n) is 7.86. The van der Waals surface area contributed by atoms with Crippen molar-refractivity contribution in [1.82, 2.24) is 10.2 Å². The molecule has 0 aliphatic carbocycles. The van der Waals surface area contributed by atoms with Crippen molar-refractivity contribution in [3.8, 4) is 0 Å². The zero-order valence-corrected chi connectivity index (χ0v) is 10.3. The summed E-state index contributed by atoms with van der Waals surface area (Å²) < 4.78 is 0. The Bertz CT molecular complexity index is 142. The van der Waals surface area contributed by atoms with Gasteiger partial charge < -0.3 is 5.32 Å². The van der Waals surface area contributed by atoms with Gasteiger partial charge in [-0.15, -0.1) is 24.8 Å². The highest BCUT2D eigenvalue weighted by Crippen LogP contribution is 2.25. The maximum atomic E-state index is 3.42. The minimum atomic E-state index is 0. The number of nitrogens with zero attached hydrogens (tertiary/aromatic N) is 1. The third-order valence-corrected chi connectivity index (χ3v) is 3.88. The largest absolute Gasteiger partial charge is 0.314 e. The minimum absolute atomic E-state index is 0. The number of nitrogens with one attached hydrogen (secondary N) is 1. The molecule has 5 heteroatoms. The molecule has 0 aromatic carbocycles. The molecule has 0 radical (unpaired) electrons. The summed E-state index contributed by atoms with van der Waals surface area (Å²) in [6.07, 6.45) is 0. The van der Waals surface area contributed by atoms with Crippen LogP contribution in [-0.2, 0) is 0 Å². The molecule has 2 aliphatic rings. The zero-order chi connectivity index (χ0) is 7.68. The Balaban J connectivity index is 0.000000720. The van der Waals surface area contributed by atoms with Crippen molar-refractivity contribution in [3.05, 3.63) is 0 Å². The molecule has 1 N–H and O–H groups in total. The van der Waals surface area contributed by atoms with Crippen LogP contribution in [0, 0.1) is 0 Å². The number of piperazine rings is 1. The SMILES string of the molecule is CC1CNCCN1C1CSC1.Cl.Cl. The molecule has 0 aromatic rings. The molecule has 0 bridgehead atoms. The van der Waals surface area contributed by atoms with E-state index in [4.69, 9.17) is 0 Å². The fourth-order valence-electron chi connectivity index (χ4n) is 1.81. The van der Waals surface area contributed by atoms with Crippen LogP contribution in [0.15, 0.2) is 0 Å². The summed E-state index contributed by atoms with van der Waals surface area (Å²) in [5, 5.41) is 3.42. The van der Waals surface area contributed by atoms with Gasteiger partial charge in [-0.25, -0.2) is 0 Å². The van der Waals surface area contributed by atoms with Crippen LogP contribution in [0.2, 0.25) is 0 Å². The van der Waals surface area contributed by atoms with Crippen LogP contribution in [-0.4, -0.2) is 48.1 Å². The quantitative estimate of drug-likeness (QED) is 0.748. The van der Waals surface area contributed by atoms with Crippen molar-refractivity contribution in [1.29, 1.82) is 0 Å². The molecule has 2 fully saturated rings. The van der Waals surface area contributed by atoms with Crippen LogP contribution < -0.4 is 5.32 Å². The molecule has 2 rings (SSSR count). The van der Waals surface area contributed by atoms with Crippen molar-refractivity contribution in [3.63, 3.8) is 0 Å². The summed E-state index contributed by atoms with van der Waals surface area (Å²) in [6.45, 7) is 5.95. The maximum absolute atomic E-state index is 3.42. The predicted molar refractivity (Wildman–Crippen MR) is 64.6 cm³/mol. The predicted octanol–water partition coefficient (Wildman–Crippen LogP) is 1.24. The Morgan fingerprint density at radius 2 is 2.00 bits per heavy atom. The molecule has 0 saturated carbocycles. The lowest BCUT2D eigenvalue weighted by Gasteiger charge is -2.43. The molecule has 2 heterocycles. The van der Waals surface area contributed by atoms with Gasteiger partial charge in [0.1, 0.15) is 0 Å². The van der Waals surface area contributed by atoms with Gasteiger partial charge in [0.2, 0.25) is 0 Å². The highest BCUT2D eigenvalue weighted by atomic mass is 35.5. The van der Waals surface area contributed by atoms with Gasteiger partial charge in [-0.05, 0) is 6.92 Å². The molecule has 1 unspecified atom stereocenters. The summed E-state index contributed by atoms with van der Waals surface area (Å²) in [7, 11) is 0. The molecule has 0 amide bonds. The van der Waals surface area contributed by atoms with Crippen molar-refractivity contribution in [2.75, 3.05) is 31.1 Å². The Labute approximate surface area is 97.0 Å². The smallest absolute Gasteiger partial charge is 0.0280 e. The topological polar surface area (TPSA) is 15.3 Å². The van der Waals surface area contributed by atoms with E-state index in [1.807, 2.05) is 0 Å². The number of hydrogen-bond acceptors (Lipinski definition) is 3. The van der Waals surface area contributed by atoms with Gasteiger partial charge in [0.25, 0.3) is 0 Å². The second-order valence-electron chi connectivity index (χ2n) is 3.48. The van der Waals surface area contributed by atoms with E-state index in [-0.39, 0.29) is 24.8 Å². The van der Waals surface area contributed by atoms with Crippen molar-refractivity contribution >= 4 is 36.6 Å². The van der Waals surface area contributed by atoms with Crippen LogP contribution in [0.3, 0.4) is 0 Å². The van der Waals surface area contributed by atoms with Gasteiger partial charge in [0.05, 0.1) is 0 Å². The molecular weight excluding hydrogens is 227 g/mol. The summed E-state index contributed by atoms with van der Waals surface area (Å²) >= 11 is 2.08. The van der Waals surface area contributed by atoms with Gasteiger partial charge >= 0.3 is 0 Å². The molecule has 2 saturated heterocycles. The maximum Gasteiger partial charge on any atom is 0.0280 e. The van der Waals surface area contributed by atoms with Crippen LogP contribution in [0.25, 0.3) is 0 Å². The van der Waals surface area contributed by atoms with E-state index in [1.165, 1.54) is 31.1 Å². The average molecular weight is 245 g/mol. The van der Waals surface area contributed by atoms with E-state index in [1.54, 1.807) is 0 Å². The third kappa shape index (κ3) is 3.17. The normalized spacial score (nSPS) is 29.8. The van der Waals surface area contributed by atoms with E-state index in [2.05, 4.69) is 28.9 Å². The van der Waals surface area contributed by atoms with Crippen molar-refractivity contribution in [2.24, 2.45) is 0 Å². The van der Waals surface area contributed by atoms with Crippen LogP contribution in [0.4, 0.5) is 0 Å². The second kappa shape index (κ2) is 6.36. The van der Waals surface area contributed by atoms with E-state index in [0.717, 1.165) is 12.1 Å². The lowest BCUT2D eigenvalue weighted by atomic mass is 10.1. The molecule has 2 aliphatic heterocycles. The summed E-state index contributed by atoms with van der Waals surface area (Å²) in [6, 6.07) is 1.66. The monoisotopic (exact) mass is 244 g/mol. The molecule has 13 heavy (non-hydrogen) atoms. The average Bonchev–Trinajstić information content (AvgIpc) is 1.90. The fourth-order valence-corrected chi connectivity index (χ4v) is 2.64. The Hall–Kier alpha value is 0.850. The molecule has 0 spiro atoms. The van der Waals surface area contributed by atoms with Gasteiger partial charge in [-0.3, -0.25) is 4.90 Å². The van der Waals surface area contributed by atoms with E-state index in [0.29, 0.717) is 0 Å². The first kappa shape index (κ1) is 13.8. The van der Waals surface area contributed by atoms with E-state index in [9.17, 15) is 0 Å². The number of halogens is 2. The number of hydrogen-bond donors (Lipinski definition) is 1. The van der Waals surface area contributed by atoms with Crippen LogP contribution in [0.5, 0.6) is 0 Å². The minimum Gasteiger partial charge on any atom is -0.314 e. The molecular formula is C8H18Cl2N2S. The van der Waals surface area contributed by atoms with E-state index < -0.39 is 0 Å². The number of rotatable bonds is 1. The molecule has 80 valence electrons. The van der Waals surface area contributed by atoms with Gasteiger partial charge in [-0.2, -0.15) is 11.8 Å². The van der Waals surface area contributed by atoms with E-state index >= 15 is 0 Å². The summed E-state index contributed by atoms with van der Waals surface area (Å²) in [5.41, 5.74) is 0. The third-order valence-electron chi connectivity index (χ3n) is 2.64. The Kier molecular flexibility index (Phi) is 6.77. The Morgan fingerprint density at radius 1 is 1.31 bits per heavy atom. The highest BCUT2D eigenvalue weighted by molar-refractivity contribution is 8.00. The van der Waals surface area contributed by atoms with Crippen molar-refractivity contribution in [2.45, 2.75) is 19.0 Å². The summed E-state index contributed by atoms with van der Waals surface area (Å²) in [5.74, 6) is 2.73. The lowest BCUT2D eigenvalue weighted by molar-refractivity contribution is 0.134. The molecule has 1 atom stereocenters. The lowest BCUT2D eigenvalue weighted by Crippen LogP contribution is -2.57. The van der Waals surface area contributed by atoms with Crippen molar-refractivity contribution < 1.29 is 0 Å². The highest BCUT2D eigenvalue weighted by Gasteiger charge is 2.30. The van der Waals surface area contributed by atoms with Gasteiger partial charge in [0, 0.05) is 43.2 Å². The second-order valence-corrected chi connectivity index (χ2v) is 4.56. The number of thioether (sulfide) groups is 1. The van der Waals surface area contributed by atoms with Crippen LogP contribution in [0.1, 0.15) is 6.92 Å². The standard InChI is InChI=1S/C8H16N2S.2ClH/c1-7-4-9-2-3-10(7)8-5-11-6-8;;/h7-9H,2-6H2,1H3;2*1H. The molecule has 2 nitrogen and oxygen atoms in total. The Morgan fingerprint density at radius 3 is 2.46 bits per heavy atom. The van der Waals surface area contributed by atoms with Gasteiger partial charge in [0.15, 0.2) is 0 Å².